The van der Waals surface area contributed by atoms with E-state index in [9.17, 15) is 14.4 Å². The second-order valence-electron chi connectivity index (χ2n) is 6.98. The Bertz CT molecular complexity index is 736. The second-order valence-corrected chi connectivity index (χ2v) is 7.96. The first-order valence-corrected chi connectivity index (χ1v) is 9.99. The molecule has 2 saturated heterocycles. The van der Waals surface area contributed by atoms with Crippen LogP contribution in [0, 0.1) is 18.8 Å². The number of fused-ring (bicyclic) bond motifs is 1. The van der Waals surface area contributed by atoms with Crippen LogP contribution in [0.15, 0.2) is 24.3 Å². The number of aryl methyl sites for hydroxylation is 1. The zero-order valence-corrected chi connectivity index (χ0v) is 16.3. The molecule has 1 aromatic carbocycles. The fourth-order valence-corrected chi connectivity index (χ4v) is 4.70. The molecule has 1 N–H and O–H groups in total. The van der Waals surface area contributed by atoms with E-state index in [-0.39, 0.29) is 11.8 Å². The predicted molar refractivity (Wildman–Crippen MR) is 99.6 cm³/mol. The topological polar surface area (TPSA) is 75.7 Å². The first-order chi connectivity index (χ1) is 12.4. The van der Waals surface area contributed by atoms with Crippen molar-refractivity contribution in [3.63, 3.8) is 0 Å². The summed E-state index contributed by atoms with van der Waals surface area (Å²) in [5.74, 6) is -1.70. The number of benzene rings is 1. The number of nitrogens with one attached hydrogen (secondary N) is 1. The van der Waals surface area contributed by atoms with Crippen molar-refractivity contribution in [2.75, 3.05) is 26.2 Å². The van der Waals surface area contributed by atoms with E-state index in [2.05, 4.69) is 5.32 Å². The summed E-state index contributed by atoms with van der Waals surface area (Å²) in [6.45, 7) is 1.99. The highest BCUT2D eigenvalue weighted by Crippen LogP contribution is 2.50. The van der Waals surface area contributed by atoms with Crippen molar-refractivity contribution in [2.45, 2.75) is 24.9 Å². The molecule has 26 heavy (non-hydrogen) atoms. The minimum atomic E-state index is -1.19. The lowest BCUT2D eigenvalue weighted by atomic mass is 9.78. The van der Waals surface area contributed by atoms with Crippen LogP contribution in [-0.2, 0) is 19.1 Å². The minimum absolute atomic E-state index is 0.243. The quantitative estimate of drug-likeness (QED) is 0.621. The normalized spacial score (nSPS) is 30.6. The third-order valence-electron chi connectivity index (χ3n) is 5.56. The van der Waals surface area contributed by atoms with E-state index in [0.29, 0.717) is 12.2 Å². The predicted octanol–water partition coefficient (Wildman–Crippen LogP) is 1.54. The lowest BCUT2D eigenvalue weighted by Gasteiger charge is -2.32. The number of rotatable bonds is 5. The van der Waals surface area contributed by atoms with Crippen LogP contribution in [0.1, 0.15) is 23.6 Å². The summed E-state index contributed by atoms with van der Waals surface area (Å²) in [6, 6.07) is 7.43. The van der Waals surface area contributed by atoms with Crippen LogP contribution < -0.4 is 5.32 Å². The SMILES string of the molecule is COC(=O)C1(CCSC)NC(c2ccc(C)cc2)C2C(=O)N(C)C(=O)C21. The smallest absolute Gasteiger partial charge is 0.326 e. The maximum Gasteiger partial charge on any atom is 0.326 e. The number of carbonyl (C=O) groups excluding carboxylic acids is 3. The van der Waals surface area contributed by atoms with E-state index < -0.39 is 29.4 Å². The maximum atomic E-state index is 12.9. The molecule has 0 aromatic heterocycles. The van der Waals surface area contributed by atoms with Crippen molar-refractivity contribution >= 4 is 29.5 Å². The monoisotopic (exact) mass is 376 g/mol. The van der Waals surface area contributed by atoms with Gasteiger partial charge in [0.2, 0.25) is 11.8 Å². The average Bonchev–Trinajstić information content (AvgIpc) is 3.10. The lowest BCUT2D eigenvalue weighted by molar-refractivity contribution is -0.154. The Morgan fingerprint density at radius 1 is 1.27 bits per heavy atom. The number of ether oxygens (including phenoxy) is 1. The summed E-state index contributed by atoms with van der Waals surface area (Å²) in [5, 5.41) is 3.35. The Morgan fingerprint density at radius 3 is 2.50 bits per heavy atom. The molecular weight excluding hydrogens is 352 g/mol. The van der Waals surface area contributed by atoms with Gasteiger partial charge in [0.05, 0.1) is 18.9 Å². The number of esters is 1. The lowest BCUT2D eigenvalue weighted by Crippen LogP contribution is -2.56. The summed E-state index contributed by atoms with van der Waals surface area (Å²) >= 11 is 1.59. The summed E-state index contributed by atoms with van der Waals surface area (Å²) in [6.07, 6.45) is 2.37. The Labute approximate surface area is 157 Å². The van der Waals surface area contributed by atoms with E-state index >= 15 is 0 Å². The highest BCUT2D eigenvalue weighted by Gasteiger charge is 2.67. The molecule has 0 bridgehead atoms. The van der Waals surface area contributed by atoms with Crippen LogP contribution >= 0.6 is 11.8 Å². The molecule has 3 rings (SSSR count). The number of hydrogen-bond donors (Lipinski definition) is 1. The standard InChI is InChI=1S/C19H24N2O4S/c1-11-5-7-12(8-6-11)15-13-14(17(23)21(2)16(13)22)19(20-15,9-10-26-4)18(24)25-3/h5-8,13-15,20H,9-10H2,1-4H3. The number of imide groups is 1. The molecule has 2 aliphatic rings. The van der Waals surface area contributed by atoms with Gasteiger partial charge in [-0.25, -0.2) is 0 Å². The second kappa shape index (κ2) is 7.04. The van der Waals surface area contributed by atoms with Gasteiger partial charge in [0, 0.05) is 13.1 Å². The molecule has 4 unspecified atom stereocenters. The number of amides is 2. The van der Waals surface area contributed by atoms with Gasteiger partial charge < -0.3 is 4.74 Å². The highest BCUT2D eigenvalue weighted by atomic mass is 32.2. The molecule has 1 aromatic rings. The van der Waals surface area contributed by atoms with E-state index in [1.807, 2.05) is 37.4 Å². The Balaban J connectivity index is 2.11. The summed E-state index contributed by atoms with van der Waals surface area (Å²) < 4.78 is 5.07. The van der Waals surface area contributed by atoms with Gasteiger partial charge in [0.25, 0.3) is 0 Å². The third-order valence-corrected chi connectivity index (χ3v) is 6.17. The zero-order valence-electron chi connectivity index (χ0n) is 15.4. The highest BCUT2D eigenvalue weighted by molar-refractivity contribution is 7.98. The molecule has 0 radical (unpaired) electrons. The zero-order chi connectivity index (χ0) is 19.1. The Morgan fingerprint density at radius 2 is 1.92 bits per heavy atom. The molecule has 2 fully saturated rings. The number of nitrogens with zero attached hydrogens (tertiary/aromatic N) is 1. The van der Waals surface area contributed by atoms with E-state index in [0.717, 1.165) is 16.0 Å². The first-order valence-electron chi connectivity index (χ1n) is 8.60. The third kappa shape index (κ3) is 2.74. The summed E-state index contributed by atoms with van der Waals surface area (Å²) in [4.78, 5) is 39.7. The van der Waals surface area contributed by atoms with Crippen LogP contribution in [0.4, 0.5) is 0 Å². The molecule has 140 valence electrons. The molecule has 2 amide bonds. The van der Waals surface area contributed by atoms with Crippen LogP contribution in [0.2, 0.25) is 0 Å². The van der Waals surface area contributed by atoms with E-state index in [1.165, 1.54) is 14.2 Å². The number of likely N-dealkylation sites (tertiary alicyclic amines) is 1. The van der Waals surface area contributed by atoms with Gasteiger partial charge in [0.15, 0.2) is 0 Å². The fraction of sp³-hybridized carbons (Fsp3) is 0.526. The molecule has 4 atom stereocenters. The Hall–Kier alpha value is -1.86. The van der Waals surface area contributed by atoms with Gasteiger partial charge in [-0.05, 0) is 30.9 Å². The largest absolute Gasteiger partial charge is 0.468 e. The number of methoxy groups -OCH3 is 1. The minimum Gasteiger partial charge on any atom is -0.468 e. The van der Waals surface area contributed by atoms with Crippen molar-refractivity contribution in [3.05, 3.63) is 35.4 Å². The molecule has 0 aliphatic carbocycles. The van der Waals surface area contributed by atoms with Gasteiger partial charge in [-0.3, -0.25) is 24.6 Å². The van der Waals surface area contributed by atoms with Crippen molar-refractivity contribution in [3.8, 4) is 0 Å². The average molecular weight is 376 g/mol. The molecule has 2 heterocycles. The summed E-state index contributed by atoms with van der Waals surface area (Å²) in [7, 11) is 2.82. The van der Waals surface area contributed by atoms with E-state index in [1.54, 1.807) is 11.8 Å². The molecular formula is C19H24N2O4S. The fourth-order valence-electron chi connectivity index (χ4n) is 4.17. The van der Waals surface area contributed by atoms with Crippen LogP contribution in [-0.4, -0.2) is 54.4 Å². The first kappa shape index (κ1) is 18.9. The Kier molecular flexibility index (Phi) is 5.12. The summed E-state index contributed by atoms with van der Waals surface area (Å²) in [5.41, 5.74) is 0.822. The molecule has 2 aliphatic heterocycles. The number of carbonyl (C=O) groups is 3. The van der Waals surface area contributed by atoms with Crippen LogP contribution in [0.3, 0.4) is 0 Å². The molecule has 7 heteroatoms. The van der Waals surface area contributed by atoms with Crippen molar-refractivity contribution in [1.29, 1.82) is 0 Å². The van der Waals surface area contributed by atoms with Gasteiger partial charge in [-0.2, -0.15) is 11.8 Å². The van der Waals surface area contributed by atoms with Gasteiger partial charge >= 0.3 is 5.97 Å². The van der Waals surface area contributed by atoms with Crippen molar-refractivity contribution in [1.82, 2.24) is 10.2 Å². The van der Waals surface area contributed by atoms with Crippen LogP contribution in [0.25, 0.3) is 0 Å². The van der Waals surface area contributed by atoms with Gasteiger partial charge in [-0.1, -0.05) is 29.8 Å². The molecule has 0 saturated carbocycles. The maximum absolute atomic E-state index is 12.9. The van der Waals surface area contributed by atoms with Crippen LogP contribution in [0.5, 0.6) is 0 Å². The molecule has 0 spiro atoms. The van der Waals surface area contributed by atoms with Gasteiger partial charge in [-0.15, -0.1) is 0 Å². The van der Waals surface area contributed by atoms with Crippen molar-refractivity contribution < 1.29 is 19.1 Å². The van der Waals surface area contributed by atoms with Gasteiger partial charge in [0.1, 0.15) is 5.54 Å². The number of hydrogen-bond acceptors (Lipinski definition) is 6. The number of thioether (sulfide) groups is 1. The van der Waals surface area contributed by atoms with E-state index in [4.69, 9.17) is 4.74 Å². The van der Waals surface area contributed by atoms with Crippen molar-refractivity contribution in [2.24, 2.45) is 11.8 Å². The molecule has 6 nitrogen and oxygen atoms in total.